The fourth-order valence-electron chi connectivity index (χ4n) is 2.70. The Morgan fingerprint density at radius 1 is 1.19 bits per heavy atom. The first-order valence-electron chi connectivity index (χ1n) is 8.26. The van der Waals surface area contributed by atoms with Crippen LogP contribution in [-0.4, -0.2) is 28.2 Å². The van der Waals surface area contributed by atoms with E-state index in [-0.39, 0.29) is 29.9 Å². The van der Waals surface area contributed by atoms with Gasteiger partial charge < -0.3 is 4.90 Å². The zero-order valence-corrected chi connectivity index (χ0v) is 15.2. The van der Waals surface area contributed by atoms with Gasteiger partial charge in [-0.15, -0.1) is 11.6 Å². The molecule has 0 radical (unpaired) electrons. The topological polar surface area (TPSA) is 63.5 Å². The van der Waals surface area contributed by atoms with Crippen molar-refractivity contribution in [3.63, 3.8) is 0 Å². The van der Waals surface area contributed by atoms with Crippen LogP contribution < -0.4 is 0 Å². The van der Waals surface area contributed by atoms with E-state index in [2.05, 4.69) is 0 Å². The molecule has 0 heterocycles. The van der Waals surface area contributed by atoms with E-state index in [1.807, 2.05) is 6.92 Å². The molecule has 2 aromatic rings. The minimum absolute atomic E-state index is 0.0140. The summed E-state index contributed by atoms with van der Waals surface area (Å²) in [5.41, 5.74) is 1.51. The third kappa shape index (κ3) is 5.26. The molecule has 0 bridgehead atoms. The highest BCUT2D eigenvalue weighted by atomic mass is 35.5. The van der Waals surface area contributed by atoms with Crippen LogP contribution in [0.1, 0.15) is 30.5 Å². The number of non-ortho nitro benzene ring substituents is 1. The normalized spacial score (nSPS) is 11.8. The number of halogens is 2. The number of amides is 1. The Kier molecular flexibility index (Phi) is 7.09. The molecule has 0 aliphatic rings. The predicted molar refractivity (Wildman–Crippen MR) is 98.7 cm³/mol. The van der Waals surface area contributed by atoms with Gasteiger partial charge in [0, 0.05) is 24.6 Å². The standard InChI is InChI=1S/C19H20ClFN2O3/c1-14(16-5-7-17(21)8-6-16)22(12-2-11-20)19(24)13-15-3-9-18(10-4-15)23(25)26/h3-10,14H,2,11-13H2,1H3/t14-/m0/s1. The Labute approximate surface area is 156 Å². The molecule has 0 aliphatic heterocycles. The second-order valence-corrected chi connectivity index (χ2v) is 6.34. The number of benzene rings is 2. The van der Waals surface area contributed by atoms with Gasteiger partial charge in [0.15, 0.2) is 0 Å². The average molecular weight is 379 g/mol. The van der Waals surface area contributed by atoms with Crippen LogP contribution in [0.2, 0.25) is 0 Å². The van der Waals surface area contributed by atoms with Crippen LogP contribution in [0.3, 0.4) is 0 Å². The number of alkyl halides is 1. The number of hydrogen-bond donors (Lipinski definition) is 0. The smallest absolute Gasteiger partial charge is 0.269 e. The van der Waals surface area contributed by atoms with E-state index in [0.717, 1.165) is 5.56 Å². The summed E-state index contributed by atoms with van der Waals surface area (Å²) in [6.45, 7) is 2.36. The Hall–Kier alpha value is -2.47. The molecule has 0 saturated carbocycles. The van der Waals surface area contributed by atoms with Crippen LogP contribution in [-0.2, 0) is 11.2 Å². The van der Waals surface area contributed by atoms with E-state index < -0.39 is 4.92 Å². The lowest BCUT2D eigenvalue weighted by atomic mass is 10.0. The van der Waals surface area contributed by atoms with E-state index in [1.165, 1.54) is 24.3 Å². The highest BCUT2D eigenvalue weighted by Crippen LogP contribution is 2.22. The van der Waals surface area contributed by atoms with Gasteiger partial charge in [-0.1, -0.05) is 24.3 Å². The summed E-state index contributed by atoms with van der Waals surface area (Å²) in [5, 5.41) is 10.7. The summed E-state index contributed by atoms with van der Waals surface area (Å²) in [6, 6.07) is 11.8. The minimum Gasteiger partial charge on any atom is -0.336 e. The summed E-state index contributed by atoms with van der Waals surface area (Å²) in [6.07, 6.45) is 0.769. The highest BCUT2D eigenvalue weighted by Gasteiger charge is 2.21. The Morgan fingerprint density at radius 3 is 2.35 bits per heavy atom. The zero-order valence-electron chi connectivity index (χ0n) is 14.4. The number of nitro groups is 1. The van der Waals surface area contributed by atoms with E-state index in [1.54, 1.807) is 29.2 Å². The average Bonchev–Trinajstić information content (AvgIpc) is 2.63. The summed E-state index contributed by atoms with van der Waals surface area (Å²) in [4.78, 5) is 24.7. The lowest BCUT2D eigenvalue weighted by Crippen LogP contribution is -2.35. The molecule has 0 aliphatic carbocycles. The molecule has 0 N–H and O–H groups in total. The molecule has 7 heteroatoms. The fraction of sp³-hybridized carbons (Fsp3) is 0.316. The van der Waals surface area contributed by atoms with Gasteiger partial charge in [0.25, 0.3) is 5.69 Å². The lowest BCUT2D eigenvalue weighted by molar-refractivity contribution is -0.384. The molecule has 138 valence electrons. The molecule has 1 amide bonds. The summed E-state index contributed by atoms with van der Waals surface area (Å²) >= 11 is 5.78. The molecule has 0 unspecified atom stereocenters. The van der Waals surface area contributed by atoms with Crippen LogP contribution in [0.15, 0.2) is 48.5 Å². The molecular weight excluding hydrogens is 359 g/mol. The minimum atomic E-state index is -0.477. The number of hydrogen-bond acceptors (Lipinski definition) is 3. The summed E-state index contributed by atoms with van der Waals surface area (Å²) in [5.74, 6) is -0.0106. The lowest BCUT2D eigenvalue weighted by Gasteiger charge is -2.30. The van der Waals surface area contributed by atoms with Crippen LogP contribution >= 0.6 is 11.6 Å². The van der Waals surface area contributed by atoms with Crippen molar-refractivity contribution in [3.05, 3.63) is 75.6 Å². The molecule has 0 spiro atoms. The molecule has 2 rings (SSSR count). The number of nitro benzene ring substituents is 1. The number of carbonyl (C=O) groups excluding carboxylic acids is 1. The molecule has 2 aromatic carbocycles. The molecule has 1 atom stereocenters. The van der Waals surface area contributed by atoms with Gasteiger partial charge in [0.05, 0.1) is 17.4 Å². The maximum atomic E-state index is 13.1. The van der Waals surface area contributed by atoms with Crippen molar-refractivity contribution in [1.29, 1.82) is 0 Å². The van der Waals surface area contributed by atoms with E-state index in [9.17, 15) is 19.3 Å². The van der Waals surface area contributed by atoms with Gasteiger partial charge in [-0.05, 0) is 36.6 Å². The second-order valence-electron chi connectivity index (χ2n) is 5.96. The Balaban J connectivity index is 2.15. The van der Waals surface area contributed by atoms with Crippen LogP contribution in [0.5, 0.6) is 0 Å². The van der Waals surface area contributed by atoms with Gasteiger partial charge in [-0.3, -0.25) is 14.9 Å². The molecule has 0 saturated heterocycles. The van der Waals surface area contributed by atoms with Crippen molar-refractivity contribution in [2.24, 2.45) is 0 Å². The SMILES string of the molecule is C[C@@H](c1ccc(F)cc1)N(CCCCl)C(=O)Cc1ccc([N+](=O)[O-])cc1. The third-order valence-corrected chi connectivity index (χ3v) is 4.44. The van der Waals surface area contributed by atoms with Crippen molar-refractivity contribution in [2.45, 2.75) is 25.8 Å². The molecular formula is C19H20ClFN2O3. The van der Waals surface area contributed by atoms with Gasteiger partial charge in [0.1, 0.15) is 5.82 Å². The first-order valence-corrected chi connectivity index (χ1v) is 8.80. The van der Waals surface area contributed by atoms with Crippen LogP contribution in [0.25, 0.3) is 0 Å². The molecule has 26 heavy (non-hydrogen) atoms. The van der Waals surface area contributed by atoms with Crippen molar-refractivity contribution in [2.75, 3.05) is 12.4 Å². The largest absolute Gasteiger partial charge is 0.336 e. The van der Waals surface area contributed by atoms with Gasteiger partial charge in [0.2, 0.25) is 5.91 Å². The first-order chi connectivity index (χ1) is 12.4. The third-order valence-electron chi connectivity index (χ3n) is 4.18. The number of carbonyl (C=O) groups is 1. The predicted octanol–water partition coefficient (Wildman–Crippen LogP) is 4.50. The maximum Gasteiger partial charge on any atom is 0.269 e. The van der Waals surface area contributed by atoms with E-state index in [0.29, 0.717) is 24.4 Å². The van der Waals surface area contributed by atoms with Crippen molar-refractivity contribution < 1.29 is 14.1 Å². The number of nitrogens with zero attached hydrogens (tertiary/aromatic N) is 2. The second kappa shape index (κ2) is 9.29. The monoisotopic (exact) mass is 378 g/mol. The first kappa shape index (κ1) is 19.8. The molecule has 0 fully saturated rings. The van der Waals surface area contributed by atoms with Gasteiger partial charge >= 0.3 is 0 Å². The Bertz CT molecular complexity index is 750. The summed E-state index contributed by atoms with van der Waals surface area (Å²) in [7, 11) is 0. The summed E-state index contributed by atoms with van der Waals surface area (Å²) < 4.78 is 13.1. The quantitative estimate of drug-likeness (QED) is 0.386. The maximum absolute atomic E-state index is 13.1. The zero-order chi connectivity index (χ0) is 19.1. The Morgan fingerprint density at radius 2 is 1.81 bits per heavy atom. The van der Waals surface area contributed by atoms with E-state index in [4.69, 9.17) is 11.6 Å². The van der Waals surface area contributed by atoms with Gasteiger partial charge in [-0.2, -0.15) is 0 Å². The van der Waals surface area contributed by atoms with Crippen molar-refractivity contribution >= 4 is 23.2 Å². The van der Waals surface area contributed by atoms with Crippen LogP contribution in [0, 0.1) is 15.9 Å². The van der Waals surface area contributed by atoms with E-state index >= 15 is 0 Å². The van der Waals surface area contributed by atoms with Gasteiger partial charge in [-0.25, -0.2) is 4.39 Å². The fourth-order valence-corrected chi connectivity index (χ4v) is 2.82. The number of rotatable bonds is 8. The van der Waals surface area contributed by atoms with Crippen LogP contribution in [0.4, 0.5) is 10.1 Å². The highest BCUT2D eigenvalue weighted by molar-refractivity contribution is 6.17. The van der Waals surface area contributed by atoms with Crippen molar-refractivity contribution in [3.8, 4) is 0 Å². The molecule has 0 aromatic heterocycles. The molecule has 5 nitrogen and oxygen atoms in total. The van der Waals surface area contributed by atoms with Crippen molar-refractivity contribution in [1.82, 2.24) is 4.90 Å².